The quantitative estimate of drug-likeness (QED) is 0.779. The van der Waals surface area contributed by atoms with Crippen molar-refractivity contribution in [3.63, 3.8) is 0 Å². The molecule has 0 spiro atoms. The van der Waals surface area contributed by atoms with E-state index in [4.69, 9.17) is 5.73 Å². The van der Waals surface area contributed by atoms with Gasteiger partial charge in [-0.2, -0.15) is 13.2 Å². The Balaban J connectivity index is 2.43. The zero-order valence-electron chi connectivity index (χ0n) is 8.92. The summed E-state index contributed by atoms with van der Waals surface area (Å²) in [7, 11) is 0. The zero-order valence-corrected chi connectivity index (χ0v) is 8.92. The summed E-state index contributed by atoms with van der Waals surface area (Å²) in [5.41, 5.74) is 4.14. The minimum absolute atomic E-state index is 0.230. The molecule has 0 saturated carbocycles. The van der Waals surface area contributed by atoms with Gasteiger partial charge < -0.3 is 11.1 Å². The van der Waals surface area contributed by atoms with Gasteiger partial charge >= 0.3 is 6.18 Å². The van der Waals surface area contributed by atoms with Crippen molar-refractivity contribution in [2.24, 2.45) is 5.73 Å². The van der Waals surface area contributed by atoms with Gasteiger partial charge in [0.15, 0.2) is 0 Å². The van der Waals surface area contributed by atoms with Crippen molar-refractivity contribution in [1.82, 2.24) is 4.98 Å². The SMILES string of the molecule is NC(=O)CCCNc1ccc(C(F)(F)F)cn1. The molecule has 0 radical (unpaired) electrons. The fourth-order valence-electron chi connectivity index (χ4n) is 1.15. The molecule has 0 unspecified atom stereocenters. The Bertz CT molecular complexity index is 375. The van der Waals surface area contributed by atoms with Crippen molar-refractivity contribution in [2.75, 3.05) is 11.9 Å². The second kappa shape index (κ2) is 5.51. The monoisotopic (exact) mass is 247 g/mol. The summed E-state index contributed by atoms with van der Waals surface area (Å²) in [6.07, 6.45) is -2.88. The van der Waals surface area contributed by atoms with Gasteiger partial charge in [0.2, 0.25) is 5.91 Å². The molecule has 3 N–H and O–H groups in total. The van der Waals surface area contributed by atoms with Gasteiger partial charge in [-0.25, -0.2) is 4.98 Å². The molecule has 1 aromatic rings. The lowest BCUT2D eigenvalue weighted by Gasteiger charge is -2.08. The van der Waals surface area contributed by atoms with Crippen LogP contribution in [0.4, 0.5) is 19.0 Å². The Morgan fingerprint density at radius 1 is 1.41 bits per heavy atom. The maximum atomic E-state index is 12.2. The van der Waals surface area contributed by atoms with Crippen molar-refractivity contribution in [3.05, 3.63) is 23.9 Å². The number of amides is 1. The maximum absolute atomic E-state index is 12.2. The molecule has 4 nitrogen and oxygen atoms in total. The number of carbonyl (C=O) groups excluding carboxylic acids is 1. The molecule has 1 aromatic heterocycles. The van der Waals surface area contributed by atoms with Crippen LogP contribution in [0, 0.1) is 0 Å². The number of aromatic nitrogens is 1. The standard InChI is InChI=1S/C10H12F3N3O/c11-10(12,13)7-3-4-9(16-6-7)15-5-1-2-8(14)17/h3-4,6H,1-2,5H2,(H2,14,17)(H,15,16). The van der Waals surface area contributed by atoms with E-state index < -0.39 is 17.6 Å². The summed E-state index contributed by atoms with van der Waals surface area (Å²) in [6.45, 7) is 0.432. The number of primary amides is 1. The number of pyridine rings is 1. The molecular weight excluding hydrogens is 235 g/mol. The molecule has 1 heterocycles. The lowest BCUT2D eigenvalue weighted by molar-refractivity contribution is -0.137. The van der Waals surface area contributed by atoms with E-state index in [0.717, 1.165) is 12.3 Å². The Kier molecular flexibility index (Phi) is 4.30. The summed E-state index contributed by atoms with van der Waals surface area (Å²) in [6, 6.07) is 2.19. The molecule has 0 saturated heterocycles. The molecule has 1 rings (SSSR count). The highest BCUT2D eigenvalue weighted by Gasteiger charge is 2.30. The highest BCUT2D eigenvalue weighted by Crippen LogP contribution is 2.28. The van der Waals surface area contributed by atoms with Crippen molar-refractivity contribution in [1.29, 1.82) is 0 Å². The van der Waals surface area contributed by atoms with Crippen LogP contribution in [0.2, 0.25) is 0 Å². The number of nitrogens with zero attached hydrogens (tertiary/aromatic N) is 1. The van der Waals surface area contributed by atoms with E-state index in [1.807, 2.05) is 0 Å². The van der Waals surface area contributed by atoms with E-state index in [2.05, 4.69) is 10.3 Å². The lowest BCUT2D eigenvalue weighted by Crippen LogP contribution is -2.13. The fourth-order valence-corrected chi connectivity index (χ4v) is 1.15. The predicted octanol–water partition coefficient (Wildman–Crippen LogP) is 1.78. The molecule has 17 heavy (non-hydrogen) atoms. The average molecular weight is 247 g/mol. The first-order valence-corrected chi connectivity index (χ1v) is 4.95. The molecule has 0 bridgehead atoms. The summed E-state index contributed by atoms with van der Waals surface area (Å²) in [4.78, 5) is 14.0. The summed E-state index contributed by atoms with van der Waals surface area (Å²) in [5.74, 6) is -0.0744. The summed E-state index contributed by atoms with van der Waals surface area (Å²) >= 11 is 0. The van der Waals surface area contributed by atoms with Crippen LogP contribution in [-0.4, -0.2) is 17.4 Å². The van der Waals surface area contributed by atoms with Crippen molar-refractivity contribution in [3.8, 4) is 0 Å². The molecule has 0 atom stereocenters. The van der Waals surface area contributed by atoms with E-state index in [0.29, 0.717) is 18.8 Å². The normalized spacial score (nSPS) is 11.2. The largest absolute Gasteiger partial charge is 0.417 e. The topological polar surface area (TPSA) is 68.0 Å². The number of anilines is 1. The third-order valence-electron chi connectivity index (χ3n) is 2.00. The van der Waals surface area contributed by atoms with Crippen LogP contribution >= 0.6 is 0 Å². The van der Waals surface area contributed by atoms with Gasteiger partial charge in [-0.15, -0.1) is 0 Å². The lowest BCUT2D eigenvalue weighted by atomic mass is 10.2. The van der Waals surface area contributed by atoms with Gasteiger partial charge in [-0.1, -0.05) is 0 Å². The number of alkyl halides is 3. The third-order valence-corrected chi connectivity index (χ3v) is 2.00. The molecule has 1 amide bonds. The van der Waals surface area contributed by atoms with Crippen molar-refractivity contribution >= 4 is 11.7 Å². The molecule has 0 aliphatic heterocycles. The Morgan fingerprint density at radius 3 is 2.59 bits per heavy atom. The van der Waals surface area contributed by atoms with Crippen LogP contribution in [0.1, 0.15) is 18.4 Å². The van der Waals surface area contributed by atoms with Crippen LogP contribution in [-0.2, 0) is 11.0 Å². The minimum atomic E-state index is -4.38. The Labute approximate surface area is 96.0 Å². The summed E-state index contributed by atoms with van der Waals surface area (Å²) in [5, 5.41) is 2.79. The molecule has 94 valence electrons. The highest BCUT2D eigenvalue weighted by molar-refractivity contribution is 5.73. The number of halogens is 3. The molecule has 0 fully saturated rings. The molecule has 0 aliphatic rings. The second-order valence-electron chi connectivity index (χ2n) is 3.43. The molecule has 0 aromatic carbocycles. The van der Waals surface area contributed by atoms with E-state index >= 15 is 0 Å². The van der Waals surface area contributed by atoms with Crippen molar-refractivity contribution < 1.29 is 18.0 Å². The smallest absolute Gasteiger partial charge is 0.370 e. The van der Waals surface area contributed by atoms with Gasteiger partial charge in [0.05, 0.1) is 5.56 Å². The van der Waals surface area contributed by atoms with Crippen LogP contribution < -0.4 is 11.1 Å². The average Bonchev–Trinajstić information content (AvgIpc) is 2.23. The fraction of sp³-hybridized carbons (Fsp3) is 0.400. The van der Waals surface area contributed by atoms with Crippen LogP contribution in [0.3, 0.4) is 0 Å². The first kappa shape index (κ1) is 13.3. The summed E-state index contributed by atoms with van der Waals surface area (Å²) < 4.78 is 36.6. The van der Waals surface area contributed by atoms with Gasteiger partial charge in [0.1, 0.15) is 5.82 Å². The van der Waals surface area contributed by atoms with Crippen LogP contribution in [0.25, 0.3) is 0 Å². The van der Waals surface area contributed by atoms with E-state index in [1.54, 1.807) is 0 Å². The second-order valence-corrected chi connectivity index (χ2v) is 3.43. The van der Waals surface area contributed by atoms with Gasteiger partial charge in [-0.3, -0.25) is 4.79 Å². The molecule has 7 heteroatoms. The number of nitrogens with two attached hydrogens (primary N) is 1. The van der Waals surface area contributed by atoms with E-state index in [1.165, 1.54) is 6.07 Å². The minimum Gasteiger partial charge on any atom is -0.370 e. The van der Waals surface area contributed by atoms with Gasteiger partial charge in [-0.05, 0) is 18.6 Å². The molecular formula is C10H12F3N3O. The van der Waals surface area contributed by atoms with Gasteiger partial charge in [0.25, 0.3) is 0 Å². The number of hydrogen-bond acceptors (Lipinski definition) is 3. The van der Waals surface area contributed by atoms with Crippen LogP contribution in [0.5, 0.6) is 0 Å². The van der Waals surface area contributed by atoms with E-state index in [-0.39, 0.29) is 6.42 Å². The highest BCUT2D eigenvalue weighted by atomic mass is 19.4. The van der Waals surface area contributed by atoms with Crippen LogP contribution in [0.15, 0.2) is 18.3 Å². The van der Waals surface area contributed by atoms with Gasteiger partial charge in [0, 0.05) is 19.2 Å². The number of hydrogen-bond donors (Lipinski definition) is 2. The Hall–Kier alpha value is -1.79. The number of rotatable bonds is 5. The number of carbonyl (C=O) groups is 1. The molecule has 0 aliphatic carbocycles. The first-order valence-electron chi connectivity index (χ1n) is 4.95. The Morgan fingerprint density at radius 2 is 2.12 bits per heavy atom. The van der Waals surface area contributed by atoms with E-state index in [9.17, 15) is 18.0 Å². The first-order chi connectivity index (χ1) is 7.89. The van der Waals surface area contributed by atoms with Crippen molar-refractivity contribution in [2.45, 2.75) is 19.0 Å². The zero-order chi connectivity index (χ0) is 12.9. The third kappa shape index (κ3) is 4.71. The number of nitrogens with one attached hydrogen (secondary N) is 1. The maximum Gasteiger partial charge on any atom is 0.417 e. The predicted molar refractivity (Wildman–Crippen MR) is 56.2 cm³/mol.